The second-order valence-corrected chi connectivity index (χ2v) is 7.52. The van der Waals surface area contributed by atoms with E-state index in [1.165, 1.54) is 22.9 Å². The molecule has 0 saturated heterocycles. The van der Waals surface area contributed by atoms with Crippen molar-refractivity contribution >= 4 is 36.8 Å². The molecule has 1 N–H and O–H groups in total. The standard InChI is InChI=1S/C22H20F3N5O4.H2S/c1-12-11-29(17-9-8-16(22(23,24)25)20(28-17)34-3)21(32)18-15(10-26-30(12)18)19(31)27-13-4-6-14(33-2)7-5-13;/h4-10,12H,11H2,1-3H3,(H,27,31);1H2/t12-;/m0./s1. The molecule has 1 aliphatic rings. The number of hydrogen-bond donors (Lipinski definition) is 1. The Labute approximate surface area is 205 Å². The zero-order chi connectivity index (χ0) is 24.6. The van der Waals surface area contributed by atoms with Gasteiger partial charge in [0.05, 0.1) is 32.0 Å². The Morgan fingerprint density at radius 1 is 1.11 bits per heavy atom. The smallest absolute Gasteiger partial charge is 0.421 e. The van der Waals surface area contributed by atoms with E-state index in [1.54, 1.807) is 31.2 Å². The van der Waals surface area contributed by atoms with Gasteiger partial charge in [0.1, 0.15) is 22.8 Å². The number of ether oxygens (including phenoxy) is 2. The molecule has 1 aromatic carbocycles. The molecule has 2 aromatic heterocycles. The van der Waals surface area contributed by atoms with Gasteiger partial charge < -0.3 is 14.8 Å². The molecule has 9 nitrogen and oxygen atoms in total. The van der Waals surface area contributed by atoms with Crippen molar-refractivity contribution in [3.63, 3.8) is 0 Å². The second-order valence-electron chi connectivity index (χ2n) is 7.52. The van der Waals surface area contributed by atoms with E-state index in [2.05, 4.69) is 15.4 Å². The molecule has 0 aliphatic carbocycles. The molecule has 35 heavy (non-hydrogen) atoms. The minimum absolute atomic E-state index is 0. The van der Waals surface area contributed by atoms with Gasteiger partial charge in [0.2, 0.25) is 5.88 Å². The summed E-state index contributed by atoms with van der Waals surface area (Å²) in [7, 11) is 2.59. The lowest BCUT2D eigenvalue weighted by Crippen LogP contribution is -2.44. The fourth-order valence-corrected chi connectivity index (χ4v) is 3.65. The van der Waals surface area contributed by atoms with Gasteiger partial charge in [-0.25, -0.2) is 0 Å². The molecule has 186 valence electrons. The highest BCUT2D eigenvalue weighted by Gasteiger charge is 2.38. The third kappa shape index (κ3) is 4.90. The van der Waals surface area contributed by atoms with E-state index in [0.29, 0.717) is 11.4 Å². The van der Waals surface area contributed by atoms with Crippen LogP contribution in [0.25, 0.3) is 0 Å². The van der Waals surface area contributed by atoms with Gasteiger partial charge in [-0.3, -0.25) is 19.2 Å². The van der Waals surface area contributed by atoms with Crippen LogP contribution in [0.15, 0.2) is 42.6 Å². The summed E-state index contributed by atoms with van der Waals surface area (Å²) >= 11 is 0. The molecule has 0 bridgehead atoms. The first-order valence-corrected chi connectivity index (χ1v) is 10.1. The maximum absolute atomic E-state index is 13.3. The molecule has 3 heterocycles. The van der Waals surface area contributed by atoms with Crippen LogP contribution in [0.3, 0.4) is 0 Å². The fourth-order valence-electron chi connectivity index (χ4n) is 3.65. The Kier molecular flexibility index (Phi) is 7.29. The highest BCUT2D eigenvalue weighted by atomic mass is 32.1. The molecule has 1 aliphatic heterocycles. The molecular formula is C22H22F3N5O4S. The molecular weight excluding hydrogens is 487 g/mol. The largest absolute Gasteiger partial charge is 0.497 e. The van der Waals surface area contributed by atoms with Crippen molar-refractivity contribution in [2.75, 3.05) is 31.0 Å². The maximum atomic E-state index is 13.3. The van der Waals surface area contributed by atoms with Gasteiger partial charge in [-0.2, -0.15) is 36.7 Å². The number of benzene rings is 1. The number of carbonyl (C=O) groups excluding carboxylic acids is 2. The summed E-state index contributed by atoms with van der Waals surface area (Å²) in [5.41, 5.74) is -0.546. The number of anilines is 2. The van der Waals surface area contributed by atoms with Crippen LogP contribution in [-0.2, 0) is 6.18 Å². The van der Waals surface area contributed by atoms with Crippen molar-refractivity contribution in [3.8, 4) is 11.6 Å². The Morgan fingerprint density at radius 2 is 1.80 bits per heavy atom. The number of rotatable bonds is 5. The van der Waals surface area contributed by atoms with Crippen molar-refractivity contribution in [1.82, 2.24) is 14.8 Å². The van der Waals surface area contributed by atoms with Crippen LogP contribution < -0.4 is 19.7 Å². The van der Waals surface area contributed by atoms with Gasteiger partial charge >= 0.3 is 6.18 Å². The maximum Gasteiger partial charge on any atom is 0.421 e. The van der Waals surface area contributed by atoms with Gasteiger partial charge in [0.15, 0.2) is 0 Å². The number of amides is 2. The van der Waals surface area contributed by atoms with Crippen molar-refractivity contribution in [3.05, 3.63) is 59.4 Å². The van der Waals surface area contributed by atoms with Gasteiger partial charge in [0.25, 0.3) is 11.8 Å². The fraction of sp³-hybridized carbons (Fsp3) is 0.273. The topological polar surface area (TPSA) is 98.6 Å². The number of methoxy groups -OCH3 is 2. The third-order valence-corrected chi connectivity index (χ3v) is 5.32. The normalized spacial score (nSPS) is 15.2. The number of alkyl halides is 3. The third-order valence-electron chi connectivity index (χ3n) is 5.32. The Hall–Kier alpha value is -3.74. The van der Waals surface area contributed by atoms with E-state index in [4.69, 9.17) is 9.47 Å². The van der Waals surface area contributed by atoms with Crippen LogP contribution in [0.4, 0.5) is 24.7 Å². The van der Waals surface area contributed by atoms with Gasteiger partial charge in [-0.05, 0) is 43.3 Å². The van der Waals surface area contributed by atoms with E-state index in [0.717, 1.165) is 19.2 Å². The summed E-state index contributed by atoms with van der Waals surface area (Å²) in [6, 6.07) is 8.15. The van der Waals surface area contributed by atoms with Gasteiger partial charge in [-0.1, -0.05) is 0 Å². The molecule has 0 fully saturated rings. The lowest BCUT2D eigenvalue weighted by atomic mass is 10.1. The van der Waals surface area contributed by atoms with Crippen molar-refractivity contribution in [2.24, 2.45) is 0 Å². The Bertz CT molecular complexity index is 1250. The van der Waals surface area contributed by atoms with Crippen LogP contribution >= 0.6 is 13.5 Å². The monoisotopic (exact) mass is 509 g/mol. The molecule has 0 saturated carbocycles. The van der Waals surface area contributed by atoms with Crippen LogP contribution in [-0.4, -0.2) is 47.3 Å². The first-order chi connectivity index (χ1) is 16.1. The molecule has 3 aromatic rings. The van der Waals surface area contributed by atoms with Crippen LogP contribution in [0.5, 0.6) is 11.6 Å². The van der Waals surface area contributed by atoms with E-state index in [1.807, 2.05) is 0 Å². The summed E-state index contributed by atoms with van der Waals surface area (Å²) in [6.45, 7) is 1.86. The number of hydrogen-bond acceptors (Lipinski definition) is 6. The highest BCUT2D eigenvalue weighted by Crippen LogP contribution is 2.37. The van der Waals surface area contributed by atoms with Gasteiger partial charge in [-0.15, -0.1) is 0 Å². The first kappa shape index (κ1) is 25.9. The lowest BCUT2D eigenvalue weighted by molar-refractivity contribution is -0.139. The molecule has 4 rings (SSSR count). The van der Waals surface area contributed by atoms with E-state index < -0.39 is 29.4 Å². The Morgan fingerprint density at radius 3 is 2.40 bits per heavy atom. The molecule has 2 amide bonds. The minimum atomic E-state index is -4.67. The first-order valence-electron chi connectivity index (χ1n) is 10.1. The number of pyridine rings is 1. The van der Waals surface area contributed by atoms with E-state index in [9.17, 15) is 22.8 Å². The second kappa shape index (κ2) is 9.86. The summed E-state index contributed by atoms with van der Waals surface area (Å²) in [4.78, 5) is 31.4. The average Bonchev–Trinajstić information content (AvgIpc) is 3.27. The number of nitrogens with zero attached hydrogens (tertiary/aromatic N) is 4. The SMILES string of the molecule is COc1ccc(NC(=O)c2cnn3c2C(=O)N(c2ccc(C(F)(F)F)c(OC)n2)C[C@@H]3C)cc1.S. The van der Waals surface area contributed by atoms with Crippen LogP contribution in [0.2, 0.25) is 0 Å². The van der Waals surface area contributed by atoms with Crippen LogP contribution in [0, 0.1) is 0 Å². The van der Waals surface area contributed by atoms with Gasteiger partial charge in [0, 0.05) is 12.2 Å². The van der Waals surface area contributed by atoms with Crippen molar-refractivity contribution in [2.45, 2.75) is 19.1 Å². The molecule has 13 heteroatoms. The number of aromatic nitrogens is 3. The predicted octanol–water partition coefficient (Wildman–Crippen LogP) is 3.90. The molecule has 0 radical (unpaired) electrons. The average molecular weight is 510 g/mol. The zero-order valence-corrected chi connectivity index (χ0v) is 19.9. The number of fused-ring (bicyclic) bond motifs is 1. The lowest BCUT2D eigenvalue weighted by Gasteiger charge is -2.31. The zero-order valence-electron chi connectivity index (χ0n) is 18.9. The number of halogens is 3. The summed E-state index contributed by atoms with van der Waals surface area (Å²) in [5.74, 6) is -1.26. The Balaban J connectivity index is 0.00000342. The van der Waals surface area contributed by atoms with E-state index in [-0.39, 0.29) is 43.2 Å². The van der Waals surface area contributed by atoms with Crippen LogP contribution in [0.1, 0.15) is 39.4 Å². The summed E-state index contributed by atoms with van der Waals surface area (Å²) in [6.07, 6.45) is -3.38. The summed E-state index contributed by atoms with van der Waals surface area (Å²) in [5, 5.41) is 6.88. The molecule has 1 atom stereocenters. The molecule has 0 spiro atoms. The quantitative estimate of drug-likeness (QED) is 0.560. The number of nitrogens with one attached hydrogen (secondary N) is 1. The minimum Gasteiger partial charge on any atom is -0.497 e. The summed E-state index contributed by atoms with van der Waals surface area (Å²) < 4.78 is 50.9. The highest BCUT2D eigenvalue weighted by molar-refractivity contribution is 7.59. The van der Waals surface area contributed by atoms with Crippen molar-refractivity contribution < 1.29 is 32.2 Å². The van der Waals surface area contributed by atoms with E-state index >= 15 is 0 Å². The number of carbonyl (C=O) groups is 2. The van der Waals surface area contributed by atoms with Crippen molar-refractivity contribution in [1.29, 1.82) is 0 Å². The predicted molar refractivity (Wildman–Crippen MR) is 126 cm³/mol. The molecule has 0 unspecified atom stereocenters.